The van der Waals surface area contributed by atoms with Crippen LogP contribution >= 0.6 is 0 Å². The van der Waals surface area contributed by atoms with Crippen molar-refractivity contribution in [3.8, 4) is 0 Å². The summed E-state index contributed by atoms with van der Waals surface area (Å²) in [5.74, 6) is 0. The summed E-state index contributed by atoms with van der Waals surface area (Å²) in [5, 5.41) is 23.9. The van der Waals surface area contributed by atoms with Gasteiger partial charge in [-0.3, -0.25) is 25.2 Å². The van der Waals surface area contributed by atoms with E-state index in [4.69, 9.17) is 0 Å². The van der Waals surface area contributed by atoms with E-state index >= 15 is 0 Å². The van der Waals surface area contributed by atoms with Crippen molar-refractivity contribution in [2.75, 3.05) is 0 Å². The Morgan fingerprint density at radius 1 is 1.04 bits per heavy atom. The maximum atomic E-state index is 11.7. The molecule has 0 aliphatic heterocycles. The van der Waals surface area contributed by atoms with Gasteiger partial charge < -0.3 is 0 Å². The molecule has 1 aromatic heterocycles. The average Bonchev–Trinajstić information content (AvgIpc) is 2.55. The average molecular weight is 315 g/mol. The Balaban J connectivity index is 2.08. The second-order valence-electron chi connectivity index (χ2n) is 6.11. The molecular weight excluding hydrogens is 298 g/mol. The van der Waals surface area contributed by atoms with E-state index in [1.165, 1.54) is 12.3 Å². The minimum absolute atomic E-state index is 0.00458. The molecule has 120 valence electrons. The van der Waals surface area contributed by atoms with Crippen LogP contribution in [0.2, 0.25) is 0 Å². The third-order valence-electron chi connectivity index (χ3n) is 4.73. The molecular formula is C16H17N3O4. The van der Waals surface area contributed by atoms with Gasteiger partial charge in [0.05, 0.1) is 22.4 Å². The maximum Gasteiger partial charge on any atom is 0.277 e. The summed E-state index contributed by atoms with van der Waals surface area (Å²) in [6.45, 7) is 0. The molecule has 0 amide bonds. The second kappa shape index (κ2) is 5.91. The number of non-ortho nitro benzene ring substituents is 1. The molecule has 0 N–H and O–H groups in total. The van der Waals surface area contributed by atoms with Crippen LogP contribution in [-0.4, -0.2) is 20.4 Å². The lowest BCUT2D eigenvalue weighted by atomic mass is 9.78. The Morgan fingerprint density at radius 3 is 2.43 bits per heavy atom. The molecule has 1 aliphatic carbocycles. The molecule has 1 fully saturated rings. The summed E-state index contributed by atoms with van der Waals surface area (Å²) < 4.78 is 0. The molecule has 1 heterocycles. The normalized spacial score (nSPS) is 17.0. The molecule has 7 nitrogen and oxygen atoms in total. The van der Waals surface area contributed by atoms with Crippen molar-refractivity contribution in [2.45, 2.75) is 44.1 Å². The minimum Gasteiger partial charge on any atom is -0.264 e. The van der Waals surface area contributed by atoms with Crippen LogP contribution in [0.15, 0.2) is 30.5 Å². The molecule has 0 radical (unpaired) electrons. The van der Waals surface area contributed by atoms with E-state index in [0.29, 0.717) is 29.3 Å². The zero-order chi connectivity index (χ0) is 16.4. The number of aromatic nitrogens is 1. The van der Waals surface area contributed by atoms with Crippen LogP contribution in [0.3, 0.4) is 0 Å². The number of nitrogens with zero attached hydrogens (tertiary/aromatic N) is 3. The molecule has 1 aliphatic rings. The van der Waals surface area contributed by atoms with Gasteiger partial charge in [0, 0.05) is 35.4 Å². The number of hydrogen-bond donors (Lipinski definition) is 0. The highest BCUT2D eigenvalue weighted by Crippen LogP contribution is 2.36. The van der Waals surface area contributed by atoms with Crippen molar-refractivity contribution in [3.05, 3.63) is 56.4 Å². The van der Waals surface area contributed by atoms with E-state index < -0.39 is 10.5 Å². The Kier molecular flexibility index (Phi) is 3.94. The zero-order valence-corrected chi connectivity index (χ0v) is 12.6. The van der Waals surface area contributed by atoms with Gasteiger partial charge in [0.25, 0.3) is 5.69 Å². The number of nitro benzene ring substituents is 1. The van der Waals surface area contributed by atoms with Crippen molar-refractivity contribution in [1.29, 1.82) is 0 Å². The summed E-state index contributed by atoms with van der Waals surface area (Å²) in [7, 11) is 0. The first kappa shape index (κ1) is 15.3. The van der Waals surface area contributed by atoms with Gasteiger partial charge >= 0.3 is 0 Å². The SMILES string of the molecule is O=[N+]([O-])c1cccc2c(CC3([N+](=O)[O-])CCCCC3)nccc12. The molecule has 7 heteroatoms. The van der Waals surface area contributed by atoms with Crippen LogP contribution in [0.5, 0.6) is 0 Å². The summed E-state index contributed by atoms with van der Waals surface area (Å²) in [5.41, 5.74) is -0.417. The van der Waals surface area contributed by atoms with Crippen molar-refractivity contribution >= 4 is 16.5 Å². The van der Waals surface area contributed by atoms with Gasteiger partial charge in [-0.25, -0.2) is 0 Å². The van der Waals surface area contributed by atoms with Gasteiger partial charge in [-0.15, -0.1) is 0 Å². The standard InChI is InChI=1S/C16H17N3O4/c20-18(21)15-6-4-5-12-13(15)7-10-17-14(12)11-16(19(22)23)8-2-1-3-9-16/h4-7,10H,1-3,8-9,11H2. The van der Waals surface area contributed by atoms with Gasteiger partial charge in [-0.1, -0.05) is 18.6 Å². The lowest BCUT2D eigenvalue weighted by molar-refractivity contribution is -0.574. The van der Waals surface area contributed by atoms with E-state index in [1.54, 1.807) is 18.2 Å². The number of pyridine rings is 1. The Morgan fingerprint density at radius 2 is 1.78 bits per heavy atom. The lowest BCUT2D eigenvalue weighted by Gasteiger charge is -2.29. The molecule has 3 rings (SSSR count). The van der Waals surface area contributed by atoms with Crippen LogP contribution in [0.1, 0.15) is 37.8 Å². The predicted octanol–water partition coefficient (Wildman–Crippen LogP) is 3.67. The highest BCUT2D eigenvalue weighted by molar-refractivity contribution is 5.92. The molecule has 0 atom stereocenters. The fourth-order valence-corrected chi connectivity index (χ4v) is 3.50. The number of benzene rings is 1. The third-order valence-corrected chi connectivity index (χ3v) is 4.73. The quantitative estimate of drug-likeness (QED) is 0.633. The van der Waals surface area contributed by atoms with E-state index in [9.17, 15) is 20.2 Å². The molecule has 1 saturated carbocycles. The van der Waals surface area contributed by atoms with E-state index in [2.05, 4.69) is 4.98 Å². The Hall–Kier alpha value is -2.57. The van der Waals surface area contributed by atoms with Gasteiger partial charge in [0.2, 0.25) is 5.54 Å². The predicted molar refractivity (Wildman–Crippen MR) is 84.9 cm³/mol. The first-order valence-corrected chi connectivity index (χ1v) is 7.69. The topological polar surface area (TPSA) is 99.2 Å². The van der Waals surface area contributed by atoms with Crippen LogP contribution < -0.4 is 0 Å². The van der Waals surface area contributed by atoms with Gasteiger partial charge in [-0.05, 0) is 18.9 Å². The smallest absolute Gasteiger partial charge is 0.264 e. The first-order chi connectivity index (χ1) is 11.0. The summed E-state index contributed by atoms with van der Waals surface area (Å²) in [6, 6.07) is 6.39. The third kappa shape index (κ3) is 2.74. The fraction of sp³-hybridized carbons (Fsp3) is 0.438. The monoisotopic (exact) mass is 315 g/mol. The van der Waals surface area contributed by atoms with Crippen LogP contribution in [-0.2, 0) is 6.42 Å². The van der Waals surface area contributed by atoms with Crippen molar-refractivity contribution in [2.24, 2.45) is 0 Å². The van der Waals surface area contributed by atoms with Gasteiger partial charge in [0.15, 0.2) is 0 Å². The van der Waals surface area contributed by atoms with Crippen molar-refractivity contribution in [1.82, 2.24) is 4.98 Å². The maximum absolute atomic E-state index is 11.7. The summed E-state index contributed by atoms with van der Waals surface area (Å²) in [4.78, 5) is 26.5. The molecule has 2 aromatic rings. The number of fused-ring (bicyclic) bond motifs is 1. The largest absolute Gasteiger partial charge is 0.277 e. The Bertz CT molecular complexity index is 769. The highest BCUT2D eigenvalue weighted by atomic mass is 16.6. The second-order valence-corrected chi connectivity index (χ2v) is 6.11. The molecule has 0 saturated heterocycles. The van der Waals surface area contributed by atoms with Crippen LogP contribution in [0, 0.1) is 20.2 Å². The Labute approximate surface area is 132 Å². The van der Waals surface area contributed by atoms with Gasteiger partial charge in [0.1, 0.15) is 0 Å². The van der Waals surface area contributed by atoms with Gasteiger partial charge in [-0.2, -0.15) is 0 Å². The first-order valence-electron chi connectivity index (χ1n) is 7.69. The van der Waals surface area contributed by atoms with Crippen LogP contribution in [0.4, 0.5) is 5.69 Å². The molecule has 0 bridgehead atoms. The highest BCUT2D eigenvalue weighted by Gasteiger charge is 2.44. The van der Waals surface area contributed by atoms with Crippen LogP contribution in [0.25, 0.3) is 10.8 Å². The summed E-state index contributed by atoms with van der Waals surface area (Å²) in [6.07, 6.45) is 5.49. The molecule has 23 heavy (non-hydrogen) atoms. The fourth-order valence-electron chi connectivity index (χ4n) is 3.50. The lowest BCUT2D eigenvalue weighted by Crippen LogP contribution is -2.42. The van der Waals surface area contributed by atoms with Crippen molar-refractivity contribution in [3.63, 3.8) is 0 Å². The molecule has 0 unspecified atom stereocenters. The zero-order valence-electron chi connectivity index (χ0n) is 12.6. The minimum atomic E-state index is -0.996. The van der Waals surface area contributed by atoms with E-state index in [-0.39, 0.29) is 17.0 Å². The van der Waals surface area contributed by atoms with E-state index in [0.717, 1.165) is 19.3 Å². The number of rotatable bonds is 4. The number of nitro groups is 2. The number of hydrogen-bond acceptors (Lipinski definition) is 5. The summed E-state index contributed by atoms with van der Waals surface area (Å²) >= 11 is 0. The van der Waals surface area contributed by atoms with Crippen molar-refractivity contribution < 1.29 is 9.85 Å². The molecule has 1 aromatic carbocycles. The molecule has 0 spiro atoms. The van der Waals surface area contributed by atoms with E-state index in [1.807, 2.05) is 0 Å².